The summed E-state index contributed by atoms with van der Waals surface area (Å²) in [5.41, 5.74) is 5.06. The van der Waals surface area contributed by atoms with Crippen LogP contribution in [-0.4, -0.2) is 12.4 Å². The SMILES string of the molecule is N=C(N)CCOc1cc(F)ccc1F. The molecule has 0 aromatic heterocycles. The van der Waals surface area contributed by atoms with E-state index < -0.39 is 11.6 Å². The average Bonchev–Trinajstić information content (AvgIpc) is 2.10. The highest BCUT2D eigenvalue weighted by Crippen LogP contribution is 2.17. The maximum Gasteiger partial charge on any atom is 0.165 e. The van der Waals surface area contributed by atoms with Gasteiger partial charge in [0.05, 0.1) is 12.4 Å². The minimum atomic E-state index is -0.630. The zero-order chi connectivity index (χ0) is 10.6. The molecule has 5 heteroatoms. The van der Waals surface area contributed by atoms with Gasteiger partial charge < -0.3 is 10.5 Å². The quantitative estimate of drug-likeness (QED) is 0.573. The first-order valence-electron chi connectivity index (χ1n) is 4.00. The largest absolute Gasteiger partial charge is 0.490 e. The minimum Gasteiger partial charge on any atom is -0.490 e. The molecule has 0 heterocycles. The molecule has 1 aromatic rings. The first-order chi connectivity index (χ1) is 6.59. The second kappa shape index (κ2) is 4.55. The average molecular weight is 200 g/mol. The molecule has 0 saturated heterocycles. The second-order valence-electron chi connectivity index (χ2n) is 2.70. The van der Waals surface area contributed by atoms with Crippen molar-refractivity contribution < 1.29 is 13.5 Å². The highest BCUT2D eigenvalue weighted by Gasteiger charge is 2.04. The molecule has 14 heavy (non-hydrogen) atoms. The molecule has 0 aliphatic rings. The Balaban J connectivity index is 2.57. The van der Waals surface area contributed by atoms with Crippen LogP contribution in [0.2, 0.25) is 0 Å². The van der Waals surface area contributed by atoms with Gasteiger partial charge in [0.1, 0.15) is 5.82 Å². The maximum atomic E-state index is 12.9. The number of amidine groups is 1. The fourth-order valence-electron chi connectivity index (χ4n) is 0.859. The van der Waals surface area contributed by atoms with Crippen LogP contribution in [-0.2, 0) is 0 Å². The van der Waals surface area contributed by atoms with Crippen LogP contribution in [0.25, 0.3) is 0 Å². The van der Waals surface area contributed by atoms with Gasteiger partial charge in [0.2, 0.25) is 0 Å². The zero-order valence-corrected chi connectivity index (χ0v) is 7.39. The van der Waals surface area contributed by atoms with Gasteiger partial charge in [-0.2, -0.15) is 0 Å². The Labute approximate surface area is 80.0 Å². The van der Waals surface area contributed by atoms with E-state index in [1.807, 2.05) is 0 Å². The molecular weight excluding hydrogens is 190 g/mol. The molecule has 0 aliphatic heterocycles. The topological polar surface area (TPSA) is 59.1 Å². The van der Waals surface area contributed by atoms with E-state index in [1.165, 1.54) is 0 Å². The molecule has 0 amide bonds. The Morgan fingerprint density at radius 3 is 2.79 bits per heavy atom. The van der Waals surface area contributed by atoms with Crippen LogP contribution in [0.3, 0.4) is 0 Å². The number of hydrogen-bond acceptors (Lipinski definition) is 2. The van der Waals surface area contributed by atoms with E-state index in [1.54, 1.807) is 0 Å². The number of nitrogens with one attached hydrogen (secondary N) is 1. The number of benzene rings is 1. The Morgan fingerprint density at radius 1 is 1.43 bits per heavy atom. The number of hydrogen-bond donors (Lipinski definition) is 2. The van der Waals surface area contributed by atoms with Gasteiger partial charge in [-0.05, 0) is 12.1 Å². The van der Waals surface area contributed by atoms with Crippen molar-refractivity contribution in [1.29, 1.82) is 5.41 Å². The molecule has 0 bridgehead atoms. The summed E-state index contributed by atoms with van der Waals surface area (Å²) in [6.45, 7) is 0.0652. The molecule has 1 aromatic carbocycles. The van der Waals surface area contributed by atoms with Crippen molar-refractivity contribution >= 4 is 5.84 Å². The van der Waals surface area contributed by atoms with Gasteiger partial charge >= 0.3 is 0 Å². The van der Waals surface area contributed by atoms with Crippen LogP contribution in [0.4, 0.5) is 8.78 Å². The highest BCUT2D eigenvalue weighted by atomic mass is 19.1. The van der Waals surface area contributed by atoms with Crippen molar-refractivity contribution in [1.82, 2.24) is 0 Å². The van der Waals surface area contributed by atoms with Gasteiger partial charge in [-0.3, -0.25) is 5.41 Å². The van der Waals surface area contributed by atoms with Crippen LogP contribution in [0.1, 0.15) is 6.42 Å². The predicted molar refractivity (Wildman–Crippen MR) is 48.4 cm³/mol. The summed E-state index contributed by atoms with van der Waals surface area (Å²) in [6, 6.07) is 2.95. The lowest BCUT2D eigenvalue weighted by molar-refractivity contribution is 0.309. The van der Waals surface area contributed by atoms with Gasteiger partial charge in [0.25, 0.3) is 0 Å². The van der Waals surface area contributed by atoms with Gasteiger partial charge in [0, 0.05) is 12.5 Å². The Hall–Kier alpha value is -1.65. The molecule has 3 N–H and O–H groups in total. The lowest BCUT2D eigenvalue weighted by Gasteiger charge is -2.06. The summed E-state index contributed by atoms with van der Waals surface area (Å²) in [6.07, 6.45) is 0.190. The Bertz CT molecular complexity index is 342. The Morgan fingerprint density at radius 2 is 2.14 bits per heavy atom. The molecular formula is C9H10F2N2O. The van der Waals surface area contributed by atoms with Crippen molar-refractivity contribution in [2.75, 3.05) is 6.61 Å². The standard InChI is InChI=1S/C9H10F2N2O/c10-6-1-2-7(11)8(5-6)14-4-3-9(12)13/h1-2,5H,3-4H2,(H3,12,13). The van der Waals surface area contributed by atoms with E-state index in [0.29, 0.717) is 0 Å². The molecule has 1 rings (SSSR count). The zero-order valence-electron chi connectivity index (χ0n) is 7.39. The number of ether oxygens (including phenoxy) is 1. The number of nitrogens with two attached hydrogens (primary N) is 1. The summed E-state index contributed by atoms with van der Waals surface area (Å²) in [5.74, 6) is -1.41. The molecule has 0 atom stereocenters. The van der Waals surface area contributed by atoms with Crippen LogP contribution >= 0.6 is 0 Å². The van der Waals surface area contributed by atoms with E-state index in [0.717, 1.165) is 18.2 Å². The monoisotopic (exact) mass is 200 g/mol. The summed E-state index contributed by atoms with van der Waals surface area (Å²) in [7, 11) is 0. The first-order valence-corrected chi connectivity index (χ1v) is 4.00. The summed E-state index contributed by atoms with van der Waals surface area (Å²) >= 11 is 0. The van der Waals surface area contributed by atoms with E-state index in [9.17, 15) is 8.78 Å². The van der Waals surface area contributed by atoms with Crippen LogP contribution < -0.4 is 10.5 Å². The van der Waals surface area contributed by atoms with Crippen molar-refractivity contribution in [3.8, 4) is 5.75 Å². The number of halogens is 2. The van der Waals surface area contributed by atoms with Crippen LogP contribution in [0, 0.1) is 17.0 Å². The third-order valence-corrected chi connectivity index (χ3v) is 1.52. The minimum absolute atomic E-state index is 0.0539. The number of rotatable bonds is 4. The molecule has 0 unspecified atom stereocenters. The Kier molecular flexibility index (Phi) is 3.39. The molecule has 0 fully saturated rings. The summed E-state index contributed by atoms with van der Waals surface area (Å²) < 4.78 is 30.4. The van der Waals surface area contributed by atoms with Crippen molar-refractivity contribution in [2.24, 2.45) is 5.73 Å². The highest BCUT2D eigenvalue weighted by molar-refractivity contribution is 5.76. The molecule has 0 saturated carbocycles. The maximum absolute atomic E-state index is 12.9. The molecule has 76 valence electrons. The fourth-order valence-corrected chi connectivity index (χ4v) is 0.859. The molecule has 3 nitrogen and oxygen atoms in total. The van der Waals surface area contributed by atoms with Crippen LogP contribution in [0.15, 0.2) is 18.2 Å². The second-order valence-corrected chi connectivity index (χ2v) is 2.70. The van der Waals surface area contributed by atoms with E-state index >= 15 is 0 Å². The molecule has 0 spiro atoms. The van der Waals surface area contributed by atoms with Gasteiger partial charge in [-0.15, -0.1) is 0 Å². The van der Waals surface area contributed by atoms with Gasteiger partial charge in [0.15, 0.2) is 11.6 Å². The predicted octanol–water partition coefficient (Wildman–Crippen LogP) is 1.67. The normalized spacial score (nSPS) is 9.86. The summed E-state index contributed by atoms with van der Waals surface area (Å²) in [4.78, 5) is 0. The van der Waals surface area contributed by atoms with Crippen molar-refractivity contribution in [3.63, 3.8) is 0 Å². The van der Waals surface area contributed by atoms with Gasteiger partial charge in [-0.25, -0.2) is 8.78 Å². The smallest absolute Gasteiger partial charge is 0.165 e. The van der Waals surface area contributed by atoms with E-state index in [4.69, 9.17) is 15.9 Å². The van der Waals surface area contributed by atoms with Crippen molar-refractivity contribution in [3.05, 3.63) is 29.8 Å². The van der Waals surface area contributed by atoms with Crippen molar-refractivity contribution in [2.45, 2.75) is 6.42 Å². The third-order valence-electron chi connectivity index (χ3n) is 1.52. The first kappa shape index (κ1) is 10.4. The van der Waals surface area contributed by atoms with E-state index in [2.05, 4.69) is 0 Å². The van der Waals surface area contributed by atoms with E-state index in [-0.39, 0.29) is 24.6 Å². The third kappa shape index (κ3) is 3.01. The lowest BCUT2D eigenvalue weighted by atomic mass is 10.3. The molecule has 0 radical (unpaired) electrons. The van der Waals surface area contributed by atoms with Crippen LogP contribution in [0.5, 0.6) is 5.75 Å². The van der Waals surface area contributed by atoms with Gasteiger partial charge in [-0.1, -0.05) is 0 Å². The lowest BCUT2D eigenvalue weighted by Crippen LogP contribution is -2.14. The fraction of sp³-hybridized carbons (Fsp3) is 0.222. The summed E-state index contributed by atoms with van der Waals surface area (Å²) in [5, 5.41) is 6.89. The molecule has 0 aliphatic carbocycles.